The topological polar surface area (TPSA) is 69.8 Å². The van der Waals surface area contributed by atoms with E-state index in [-0.39, 0.29) is 11.1 Å². The number of benzene rings is 2. The zero-order chi connectivity index (χ0) is 17.9. The fourth-order valence-corrected chi connectivity index (χ4v) is 4.18. The van der Waals surface area contributed by atoms with Crippen molar-refractivity contribution in [3.8, 4) is 0 Å². The Balaban J connectivity index is 1.45. The van der Waals surface area contributed by atoms with E-state index >= 15 is 0 Å². The van der Waals surface area contributed by atoms with Gasteiger partial charge in [-0.05, 0) is 36.0 Å². The number of rotatable bonds is 5. The third kappa shape index (κ3) is 3.25. The third-order valence-corrected chi connectivity index (χ3v) is 5.88. The van der Waals surface area contributed by atoms with Crippen LogP contribution in [0.3, 0.4) is 0 Å². The predicted molar refractivity (Wildman–Crippen MR) is 108 cm³/mol. The normalized spacial score (nSPS) is 11.2. The summed E-state index contributed by atoms with van der Waals surface area (Å²) in [6, 6.07) is 14.8. The van der Waals surface area contributed by atoms with E-state index in [0.717, 1.165) is 10.8 Å². The first-order valence-corrected chi connectivity index (χ1v) is 9.83. The molecule has 0 atom stereocenters. The van der Waals surface area contributed by atoms with Gasteiger partial charge in [0.2, 0.25) is 0 Å². The van der Waals surface area contributed by atoms with Crippen LogP contribution in [0.5, 0.6) is 0 Å². The minimum Gasteiger partial charge on any atom is -0.266 e. The van der Waals surface area contributed by atoms with Gasteiger partial charge in [-0.25, -0.2) is 0 Å². The van der Waals surface area contributed by atoms with Gasteiger partial charge in [-0.3, -0.25) is 9.59 Å². The van der Waals surface area contributed by atoms with Crippen LogP contribution in [0.25, 0.3) is 21.5 Å². The molecule has 130 valence electrons. The van der Waals surface area contributed by atoms with Gasteiger partial charge >= 0.3 is 0 Å². The van der Waals surface area contributed by atoms with Gasteiger partial charge in [0.05, 0.1) is 23.2 Å². The van der Waals surface area contributed by atoms with Crippen LogP contribution in [0.2, 0.25) is 0 Å². The van der Waals surface area contributed by atoms with Crippen LogP contribution in [0.15, 0.2) is 70.5 Å². The molecular formula is C18H14N4O2S2. The highest BCUT2D eigenvalue weighted by atomic mass is 32.2. The molecule has 2 heterocycles. The fourth-order valence-electron chi connectivity index (χ4n) is 2.58. The summed E-state index contributed by atoms with van der Waals surface area (Å²) in [5.41, 5.74) is -0.252. The van der Waals surface area contributed by atoms with Crippen molar-refractivity contribution in [2.24, 2.45) is 0 Å². The highest BCUT2D eigenvalue weighted by Crippen LogP contribution is 2.12. The molecule has 2 aromatic carbocycles. The maximum Gasteiger partial charge on any atom is 0.285 e. The average molecular weight is 382 g/mol. The standard InChI is InChI=1S/C18H14N4O2S2/c23-17-15-7-3-1-5-13(15)11-19-21(17)25-9-10-26-22-18(24)16-8-4-2-6-14(16)12-20-22/h1-8,11-12H,9-10H2. The number of hydrogen-bond acceptors (Lipinski definition) is 6. The van der Waals surface area contributed by atoms with Crippen LogP contribution >= 0.6 is 23.9 Å². The molecule has 0 N–H and O–H groups in total. The number of nitrogens with zero attached hydrogens (tertiary/aromatic N) is 4. The second-order valence-corrected chi connectivity index (χ2v) is 7.51. The van der Waals surface area contributed by atoms with Crippen LogP contribution < -0.4 is 11.1 Å². The minimum absolute atomic E-state index is 0.126. The van der Waals surface area contributed by atoms with Crippen molar-refractivity contribution in [2.75, 3.05) is 11.5 Å². The second kappa shape index (κ2) is 7.35. The van der Waals surface area contributed by atoms with Crippen molar-refractivity contribution in [3.05, 3.63) is 81.6 Å². The van der Waals surface area contributed by atoms with E-state index in [1.165, 1.54) is 32.1 Å². The molecule has 0 aliphatic carbocycles. The summed E-state index contributed by atoms with van der Waals surface area (Å²) in [5, 5.41) is 11.3. The first-order chi connectivity index (χ1) is 12.7. The lowest BCUT2D eigenvalue weighted by molar-refractivity contribution is 0.930. The van der Waals surface area contributed by atoms with E-state index in [1.54, 1.807) is 24.5 Å². The van der Waals surface area contributed by atoms with Gasteiger partial charge in [-0.15, -0.1) is 0 Å². The van der Waals surface area contributed by atoms with E-state index in [4.69, 9.17) is 0 Å². The van der Waals surface area contributed by atoms with Crippen LogP contribution in [0.1, 0.15) is 0 Å². The van der Waals surface area contributed by atoms with E-state index in [1.807, 2.05) is 36.4 Å². The Morgan fingerprint density at radius 2 is 1.12 bits per heavy atom. The van der Waals surface area contributed by atoms with E-state index < -0.39 is 0 Å². The van der Waals surface area contributed by atoms with Crippen molar-refractivity contribution < 1.29 is 0 Å². The molecule has 0 unspecified atom stereocenters. The van der Waals surface area contributed by atoms with Gasteiger partial charge in [0.15, 0.2) is 0 Å². The zero-order valence-corrected chi connectivity index (χ0v) is 15.2. The lowest BCUT2D eigenvalue weighted by atomic mass is 10.2. The summed E-state index contributed by atoms with van der Waals surface area (Å²) in [4.78, 5) is 24.8. The molecule has 0 radical (unpaired) electrons. The monoisotopic (exact) mass is 382 g/mol. The molecule has 26 heavy (non-hydrogen) atoms. The molecule has 0 amide bonds. The molecule has 0 aliphatic heterocycles. The van der Waals surface area contributed by atoms with Crippen LogP contribution in [-0.4, -0.2) is 29.9 Å². The van der Waals surface area contributed by atoms with Crippen molar-refractivity contribution >= 4 is 45.4 Å². The lowest BCUT2D eigenvalue weighted by Gasteiger charge is -2.06. The molecule has 0 saturated carbocycles. The third-order valence-electron chi connectivity index (χ3n) is 3.84. The summed E-state index contributed by atoms with van der Waals surface area (Å²) in [7, 11) is 0. The van der Waals surface area contributed by atoms with Gasteiger partial charge in [-0.1, -0.05) is 36.4 Å². The van der Waals surface area contributed by atoms with E-state index in [2.05, 4.69) is 10.2 Å². The van der Waals surface area contributed by atoms with Gasteiger partial charge in [0.1, 0.15) is 0 Å². The Labute approximate surface area is 157 Å². The maximum absolute atomic E-state index is 12.4. The van der Waals surface area contributed by atoms with Gasteiger partial charge in [-0.2, -0.15) is 18.4 Å². The highest BCUT2D eigenvalue weighted by Gasteiger charge is 2.06. The molecule has 4 rings (SSSR count). The Hall–Kier alpha value is -2.58. The Morgan fingerprint density at radius 1 is 0.692 bits per heavy atom. The second-order valence-electron chi connectivity index (χ2n) is 5.49. The zero-order valence-electron chi connectivity index (χ0n) is 13.6. The van der Waals surface area contributed by atoms with E-state index in [9.17, 15) is 9.59 Å². The Kier molecular flexibility index (Phi) is 4.77. The number of aromatic nitrogens is 4. The SMILES string of the molecule is O=c1c2ccccc2cnn1SCCSn1ncc2ccccc2c1=O. The van der Waals surface area contributed by atoms with Gasteiger partial charge in [0.25, 0.3) is 11.1 Å². The van der Waals surface area contributed by atoms with Gasteiger partial charge in [0, 0.05) is 22.3 Å². The predicted octanol–water partition coefficient (Wildman–Crippen LogP) is 2.80. The van der Waals surface area contributed by atoms with Crippen molar-refractivity contribution in [3.63, 3.8) is 0 Å². The molecule has 0 saturated heterocycles. The fraction of sp³-hybridized carbons (Fsp3) is 0.111. The average Bonchev–Trinajstić information content (AvgIpc) is 2.68. The highest BCUT2D eigenvalue weighted by molar-refractivity contribution is 8.01. The molecule has 0 spiro atoms. The van der Waals surface area contributed by atoms with Crippen molar-refractivity contribution in [1.82, 2.24) is 18.4 Å². The van der Waals surface area contributed by atoms with Crippen LogP contribution in [0, 0.1) is 0 Å². The first-order valence-electron chi connectivity index (χ1n) is 7.95. The summed E-state index contributed by atoms with van der Waals surface area (Å²) < 4.78 is 2.78. The van der Waals surface area contributed by atoms with Crippen molar-refractivity contribution in [1.29, 1.82) is 0 Å². The molecule has 2 aromatic heterocycles. The summed E-state index contributed by atoms with van der Waals surface area (Å²) >= 11 is 2.64. The van der Waals surface area contributed by atoms with Crippen LogP contribution in [0.4, 0.5) is 0 Å². The molecule has 0 fully saturated rings. The van der Waals surface area contributed by atoms with Gasteiger partial charge < -0.3 is 0 Å². The lowest BCUT2D eigenvalue weighted by Crippen LogP contribution is -2.20. The molecule has 6 nitrogen and oxygen atoms in total. The molecule has 8 heteroatoms. The summed E-state index contributed by atoms with van der Waals surface area (Å²) in [5.74, 6) is 1.24. The molecule has 4 aromatic rings. The smallest absolute Gasteiger partial charge is 0.266 e. The quantitative estimate of drug-likeness (QED) is 0.495. The minimum atomic E-state index is -0.126. The van der Waals surface area contributed by atoms with E-state index in [0.29, 0.717) is 22.3 Å². The van der Waals surface area contributed by atoms with Crippen LogP contribution in [-0.2, 0) is 0 Å². The first kappa shape index (κ1) is 16.9. The molecular weight excluding hydrogens is 368 g/mol. The Morgan fingerprint density at radius 3 is 1.58 bits per heavy atom. The largest absolute Gasteiger partial charge is 0.285 e. The molecule has 0 aliphatic rings. The van der Waals surface area contributed by atoms with Crippen molar-refractivity contribution in [2.45, 2.75) is 0 Å². The molecule has 0 bridgehead atoms. The number of hydrogen-bond donors (Lipinski definition) is 0. The summed E-state index contributed by atoms with van der Waals surface area (Å²) in [6.45, 7) is 0. The Bertz CT molecular complexity index is 1110. The maximum atomic E-state index is 12.4. The number of fused-ring (bicyclic) bond motifs is 2. The summed E-state index contributed by atoms with van der Waals surface area (Å²) in [6.07, 6.45) is 3.37.